The molecule has 0 heterocycles. The highest BCUT2D eigenvalue weighted by molar-refractivity contribution is 6.25. The van der Waals surface area contributed by atoms with Crippen molar-refractivity contribution in [3.63, 3.8) is 0 Å². The van der Waals surface area contributed by atoms with Gasteiger partial charge in [0, 0.05) is 0 Å². The van der Waals surface area contributed by atoms with E-state index >= 15 is 0 Å². The lowest BCUT2D eigenvalue weighted by atomic mass is 9.85. The van der Waals surface area contributed by atoms with Crippen LogP contribution in [0.3, 0.4) is 0 Å². The molecule has 0 aliphatic heterocycles. The molecule has 0 atom stereocenters. The summed E-state index contributed by atoms with van der Waals surface area (Å²) in [6.07, 6.45) is 0. The van der Waals surface area contributed by atoms with Gasteiger partial charge in [0.2, 0.25) is 0 Å². The summed E-state index contributed by atoms with van der Waals surface area (Å²) in [4.78, 5) is 0. The minimum Gasteiger partial charge on any atom is -0.0620 e. The average molecular weight is 332 g/mol. The summed E-state index contributed by atoms with van der Waals surface area (Å²) < 4.78 is 0. The van der Waals surface area contributed by atoms with Crippen LogP contribution < -0.4 is 0 Å². The molecule has 0 nitrogen and oxygen atoms in total. The van der Waals surface area contributed by atoms with Crippen LogP contribution in [0.15, 0.2) is 84.9 Å². The van der Waals surface area contributed by atoms with Crippen molar-refractivity contribution in [1.29, 1.82) is 0 Å². The molecule has 0 N–H and O–H groups in total. The summed E-state index contributed by atoms with van der Waals surface area (Å²) in [5.41, 5.74) is 5.37. The van der Waals surface area contributed by atoms with E-state index in [1.165, 1.54) is 54.6 Å². The van der Waals surface area contributed by atoms with Gasteiger partial charge in [-0.15, -0.1) is 0 Å². The number of aryl methyl sites for hydroxylation is 2. The van der Waals surface area contributed by atoms with Crippen molar-refractivity contribution in [2.75, 3.05) is 0 Å². The van der Waals surface area contributed by atoms with Gasteiger partial charge in [0.25, 0.3) is 0 Å². The van der Waals surface area contributed by atoms with Crippen molar-refractivity contribution >= 4 is 32.3 Å². The zero-order valence-corrected chi connectivity index (χ0v) is 15.1. The maximum Gasteiger partial charge on any atom is -0.00204 e. The summed E-state index contributed by atoms with van der Waals surface area (Å²) in [5, 5.41) is 8.02. The van der Waals surface area contributed by atoms with Crippen LogP contribution in [0.5, 0.6) is 0 Å². The monoisotopic (exact) mass is 332 g/mol. The van der Waals surface area contributed by atoms with Crippen LogP contribution >= 0.6 is 0 Å². The van der Waals surface area contributed by atoms with Crippen LogP contribution in [0.1, 0.15) is 11.1 Å². The van der Waals surface area contributed by atoms with E-state index in [-0.39, 0.29) is 0 Å². The summed E-state index contributed by atoms with van der Waals surface area (Å²) in [6.45, 7) is 4.47. The Morgan fingerprint density at radius 3 is 1.96 bits per heavy atom. The first-order chi connectivity index (χ1) is 12.8. The van der Waals surface area contributed by atoms with Crippen molar-refractivity contribution in [3.8, 4) is 11.1 Å². The second kappa shape index (κ2) is 5.71. The van der Waals surface area contributed by atoms with E-state index in [1.54, 1.807) is 0 Å². The number of benzene rings is 5. The molecule has 5 aromatic rings. The molecule has 0 saturated heterocycles. The second-order valence-electron chi connectivity index (χ2n) is 7.07. The molecular formula is C26H20. The Labute approximate surface area is 153 Å². The standard InChI is InChI=1S/C26H20/c1-17-9-3-5-11-20(17)25-18(2)21-12-7-8-14-23(21)26-22-13-6-4-10-19(22)15-16-24(25)26/h3-16H,1-2H3. The van der Waals surface area contributed by atoms with Gasteiger partial charge < -0.3 is 0 Å². The second-order valence-corrected chi connectivity index (χ2v) is 7.07. The van der Waals surface area contributed by atoms with Gasteiger partial charge in [-0.25, -0.2) is 0 Å². The molecule has 0 radical (unpaired) electrons. The molecule has 0 saturated carbocycles. The molecule has 0 fully saturated rings. The third kappa shape index (κ3) is 2.09. The molecule has 26 heavy (non-hydrogen) atoms. The Morgan fingerprint density at radius 1 is 0.500 bits per heavy atom. The van der Waals surface area contributed by atoms with E-state index in [1.807, 2.05) is 0 Å². The summed E-state index contributed by atoms with van der Waals surface area (Å²) >= 11 is 0. The summed E-state index contributed by atoms with van der Waals surface area (Å²) in [6, 6.07) is 30.8. The van der Waals surface area contributed by atoms with Gasteiger partial charge in [0.1, 0.15) is 0 Å². The zero-order chi connectivity index (χ0) is 17.7. The Bertz CT molecular complexity index is 1290. The fourth-order valence-corrected chi connectivity index (χ4v) is 4.34. The maximum atomic E-state index is 2.30. The first kappa shape index (κ1) is 15.2. The summed E-state index contributed by atoms with van der Waals surface area (Å²) in [7, 11) is 0. The molecule has 5 aromatic carbocycles. The molecule has 0 spiro atoms. The fourth-order valence-electron chi connectivity index (χ4n) is 4.34. The van der Waals surface area contributed by atoms with Gasteiger partial charge >= 0.3 is 0 Å². The average Bonchev–Trinajstić information content (AvgIpc) is 2.69. The van der Waals surface area contributed by atoms with Crippen molar-refractivity contribution in [3.05, 3.63) is 96.1 Å². The van der Waals surface area contributed by atoms with Crippen LogP contribution in [0.25, 0.3) is 43.4 Å². The van der Waals surface area contributed by atoms with Gasteiger partial charge in [-0.1, -0.05) is 84.9 Å². The SMILES string of the molecule is Cc1ccccc1-c1c(C)c2ccccc2c2c1ccc1ccccc12. The lowest BCUT2D eigenvalue weighted by molar-refractivity contribution is 1.44. The van der Waals surface area contributed by atoms with Crippen LogP contribution in [0, 0.1) is 13.8 Å². The lowest BCUT2D eigenvalue weighted by Gasteiger charge is -2.18. The third-order valence-electron chi connectivity index (χ3n) is 5.59. The highest BCUT2D eigenvalue weighted by atomic mass is 14.2. The minimum atomic E-state index is 1.30. The van der Waals surface area contributed by atoms with Crippen molar-refractivity contribution in [2.24, 2.45) is 0 Å². The largest absolute Gasteiger partial charge is 0.0620 e. The normalized spacial score (nSPS) is 11.5. The Hall–Kier alpha value is -3.12. The molecule has 0 bridgehead atoms. The van der Waals surface area contributed by atoms with Gasteiger partial charge in [-0.2, -0.15) is 0 Å². The number of rotatable bonds is 1. The van der Waals surface area contributed by atoms with E-state index in [2.05, 4.69) is 98.8 Å². The van der Waals surface area contributed by atoms with E-state index in [0.717, 1.165) is 0 Å². The molecule has 0 aromatic heterocycles. The summed E-state index contributed by atoms with van der Waals surface area (Å²) in [5.74, 6) is 0. The maximum absolute atomic E-state index is 2.30. The first-order valence-electron chi connectivity index (χ1n) is 9.14. The van der Waals surface area contributed by atoms with Gasteiger partial charge in [0.05, 0.1) is 0 Å². The predicted molar refractivity (Wildman–Crippen MR) is 114 cm³/mol. The number of hydrogen-bond acceptors (Lipinski definition) is 0. The van der Waals surface area contributed by atoms with E-state index < -0.39 is 0 Å². The highest BCUT2D eigenvalue weighted by Crippen LogP contribution is 2.42. The van der Waals surface area contributed by atoms with Gasteiger partial charge in [0.15, 0.2) is 0 Å². The molecule has 124 valence electrons. The molecule has 0 unspecified atom stereocenters. The highest BCUT2D eigenvalue weighted by Gasteiger charge is 2.15. The number of fused-ring (bicyclic) bond motifs is 5. The van der Waals surface area contributed by atoms with E-state index in [4.69, 9.17) is 0 Å². The topological polar surface area (TPSA) is 0 Å². The van der Waals surface area contributed by atoms with Crippen LogP contribution in [0.2, 0.25) is 0 Å². The van der Waals surface area contributed by atoms with E-state index in [0.29, 0.717) is 0 Å². The Kier molecular flexibility index (Phi) is 3.33. The van der Waals surface area contributed by atoms with Crippen LogP contribution in [-0.4, -0.2) is 0 Å². The minimum absolute atomic E-state index is 1.30. The van der Waals surface area contributed by atoms with Crippen LogP contribution in [0.4, 0.5) is 0 Å². The third-order valence-corrected chi connectivity index (χ3v) is 5.59. The van der Waals surface area contributed by atoms with Crippen LogP contribution in [-0.2, 0) is 0 Å². The fraction of sp³-hybridized carbons (Fsp3) is 0.0769. The number of hydrogen-bond donors (Lipinski definition) is 0. The molecule has 0 aliphatic carbocycles. The zero-order valence-electron chi connectivity index (χ0n) is 15.1. The van der Waals surface area contributed by atoms with E-state index in [9.17, 15) is 0 Å². The van der Waals surface area contributed by atoms with Crippen molar-refractivity contribution in [2.45, 2.75) is 13.8 Å². The molecule has 0 heteroatoms. The lowest BCUT2D eigenvalue weighted by Crippen LogP contribution is -1.92. The molecular weight excluding hydrogens is 312 g/mol. The van der Waals surface area contributed by atoms with Gasteiger partial charge in [-0.3, -0.25) is 0 Å². The van der Waals surface area contributed by atoms with Gasteiger partial charge in [-0.05, 0) is 68.4 Å². The Balaban J connectivity index is 2.11. The first-order valence-corrected chi connectivity index (χ1v) is 9.14. The Morgan fingerprint density at radius 2 is 1.15 bits per heavy atom. The van der Waals surface area contributed by atoms with Crippen molar-refractivity contribution < 1.29 is 0 Å². The van der Waals surface area contributed by atoms with Crippen molar-refractivity contribution in [1.82, 2.24) is 0 Å². The molecule has 5 rings (SSSR count). The molecule has 0 aliphatic rings. The predicted octanol–water partition coefficient (Wildman–Crippen LogP) is 7.43. The molecule has 0 amide bonds. The smallest absolute Gasteiger partial charge is 0.00204 e. The quantitative estimate of drug-likeness (QED) is 0.280.